The van der Waals surface area contributed by atoms with Crippen molar-refractivity contribution in [3.63, 3.8) is 0 Å². The zero-order valence-corrected chi connectivity index (χ0v) is 11.2. The second-order valence-electron chi connectivity index (χ2n) is 4.84. The number of hydrogen-bond donors (Lipinski definition) is 2. The van der Waals surface area contributed by atoms with Gasteiger partial charge in [-0.3, -0.25) is 15.0 Å². The first-order valence-electron chi connectivity index (χ1n) is 6.55. The first kappa shape index (κ1) is 13.3. The van der Waals surface area contributed by atoms with Crippen molar-refractivity contribution in [1.82, 2.24) is 5.43 Å². The number of hydrazine groups is 1. The summed E-state index contributed by atoms with van der Waals surface area (Å²) in [6.45, 7) is 0.693. The molecule has 0 bridgehead atoms. The molecule has 0 heterocycles. The summed E-state index contributed by atoms with van der Waals surface area (Å²) in [6.07, 6.45) is 0. The largest absolute Gasteiger partial charge is 0.467 e. The van der Waals surface area contributed by atoms with Gasteiger partial charge in [0.1, 0.15) is 6.61 Å². The number of nitrogens with one attached hydrogen (secondary N) is 1. The van der Waals surface area contributed by atoms with Crippen molar-refractivity contribution < 1.29 is 14.3 Å². The molecule has 0 spiro atoms. The number of carbonyl (C=O) groups is 2. The quantitative estimate of drug-likeness (QED) is 0.386. The van der Waals surface area contributed by atoms with Crippen LogP contribution in [0.1, 0.15) is 27.4 Å². The van der Waals surface area contributed by atoms with E-state index in [-0.39, 0.29) is 18.4 Å². The van der Waals surface area contributed by atoms with Crippen LogP contribution in [0.5, 0.6) is 0 Å². The van der Waals surface area contributed by atoms with Gasteiger partial charge in [-0.15, -0.1) is 0 Å². The van der Waals surface area contributed by atoms with Gasteiger partial charge in [0.15, 0.2) is 0 Å². The Hall–Kier alpha value is -2.66. The van der Waals surface area contributed by atoms with Crippen LogP contribution in [-0.4, -0.2) is 19.0 Å². The fourth-order valence-electron chi connectivity index (χ4n) is 2.85. The molecule has 1 aliphatic rings. The van der Waals surface area contributed by atoms with Crippen molar-refractivity contribution >= 4 is 12.4 Å². The van der Waals surface area contributed by atoms with Gasteiger partial charge in [0.05, 0.1) is 0 Å². The highest BCUT2D eigenvalue weighted by Crippen LogP contribution is 2.44. The number of rotatable bonds is 4. The van der Waals surface area contributed by atoms with Gasteiger partial charge in [0.25, 0.3) is 12.4 Å². The minimum absolute atomic E-state index is 0.0630. The van der Waals surface area contributed by atoms with E-state index in [9.17, 15) is 9.59 Å². The van der Waals surface area contributed by atoms with E-state index < -0.39 is 0 Å². The van der Waals surface area contributed by atoms with Crippen molar-refractivity contribution in [3.8, 4) is 11.1 Å². The summed E-state index contributed by atoms with van der Waals surface area (Å²) in [7, 11) is 0. The summed E-state index contributed by atoms with van der Waals surface area (Å²) in [5.74, 6) is 4.77. The lowest BCUT2D eigenvalue weighted by molar-refractivity contribution is -0.128. The Morgan fingerprint density at radius 3 is 2.71 bits per heavy atom. The summed E-state index contributed by atoms with van der Waals surface area (Å²) in [6, 6.07) is 13.4. The third kappa shape index (κ3) is 2.17. The normalized spacial score (nSPS) is 15.0. The Bertz CT molecular complexity index is 712. The van der Waals surface area contributed by atoms with Crippen LogP contribution >= 0.6 is 0 Å². The Morgan fingerprint density at radius 2 is 1.95 bits per heavy atom. The van der Waals surface area contributed by atoms with E-state index >= 15 is 0 Å². The maximum absolute atomic E-state index is 11.7. The average molecular weight is 282 g/mol. The summed E-state index contributed by atoms with van der Waals surface area (Å²) < 4.78 is 4.95. The van der Waals surface area contributed by atoms with Crippen molar-refractivity contribution in [3.05, 3.63) is 59.2 Å². The topological polar surface area (TPSA) is 81.4 Å². The molecule has 0 radical (unpaired) electrons. The van der Waals surface area contributed by atoms with Gasteiger partial charge in [0, 0.05) is 11.5 Å². The lowest BCUT2D eigenvalue weighted by Gasteiger charge is -2.12. The van der Waals surface area contributed by atoms with E-state index in [0.29, 0.717) is 12.0 Å². The summed E-state index contributed by atoms with van der Waals surface area (Å²) in [5, 5.41) is 0. The van der Waals surface area contributed by atoms with Crippen LogP contribution in [0, 0.1) is 0 Å². The van der Waals surface area contributed by atoms with Crippen LogP contribution in [0.15, 0.2) is 42.5 Å². The fourth-order valence-corrected chi connectivity index (χ4v) is 2.85. The molecule has 5 heteroatoms. The predicted octanol–water partition coefficient (Wildman–Crippen LogP) is 1.58. The molecular weight excluding hydrogens is 268 g/mol. The van der Waals surface area contributed by atoms with Gasteiger partial charge in [0.2, 0.25) is 0 Å². The number of amides is 1. The highest BCUT2D eigenvalue weighted by atomic mass is 16.5. The lowest BCUT2D eigenvalue weighted by Crippen LogP contribution is -2.30. The highest BCUT2D eigenvalue weighted by Gasteiger charge is 2.29. The Kier molecular flexibility index (Phi) is 3.41. The zero-order valence-electron chi connectivity index (χ0n) is 11.2. The first-order valence-corrected chi connectivity index (χ1v) is 6.55. The molecule has 21 heavy (non-hydrogen) atoms. The second kappa shape index (κ2) is 5.38. The number of ether oxygens (including phenoxy) is 1. The molecule has 1 amide bonds. The molecule has 0 aromatic heterocycles. The predicted molar refractivity (Wildman–Crippen MR) is 77.4 cm³/mol. The van der Waals surface area contributed by atoms with Crippen molar-refractivity contribution in [2.45, 2.75) is 5.92 Å². The summed E-state index contributed by atoms with van der Waals surface area (Å²) in [4.78, 5) is 22.2. The molecule has 2 aromatic carbocycles. The molecule has 1 aliphatic carbocycles. The van der Waals surface area contributed by atoms with Gasteiger partial charge >= 0.3 is 0 Å². The van der Waals surface area contributed by atoms with Crippen molar-refractivity contribution in [2.75, 3.05) is 6.61 Å². The summed E-state index contributed by atoms with van der Waals surface area (Å²) >= 11 is 0. The Morgan fingerprint density at radius 1 is 1.19 bits per heavy atom. The molecule has 0 saturated carbocycles. The van der Waals surface area contributed by atoms with Crippen LogP contribution < -0.4 is 11.3 Å². The molecule has 0 aliphatic heterocycles. The van der Waals surface area contributed by atoms with Crippen LogP contribution in [-0.2, 0) is 9.53 Å². The van der Waals surface area contributed by atoms with Crippen LogP contribution in [0.2, 0.25) is 0 Å². The van der Waals surface area contributed by atoms with E-state index in [1.54, 1.807) is 12.1 Å². The number of carbonyl (C=O) groups excluding carboxylic acids is 2. The number of nitrogen functional groups attached to an aromatic ring is 1. The summed E-state index contributed by atoms with van der Waals surface area (Å²) in [5.41, 5.74) is 6.84. The van der Waals surface area contributed by atoms with E-state index in [4.69, 9.17) is 10.6 Å². The second-order valence-corrected chi connectivity index (χ2v) is 4.84. The monoisotopic (exact) mass is 282 g/mol. The molecule has 3 rings (SSSR count). The molecule has 106 valence electrons. The maximum Gasteiger partial charge on any atom is 0.293 e. The van der Waals surface area contributed by atoms with E-state index in [2.05, 4.69) is 5.43 Å². The molecule has 2 aromatic rings. The molecule has 3 N–H and O–H groups in total. The van der Waals surface area contributed by atoms with Crippen LogP contribution in [0.25, 0.3) is 11.1 Å². The van der Waals surface area contributed by atoms with E-state index in [1.807, 2.05) is 30.3 Å². The fraction of sp³-hybridized carbons (Fsp3) is 0.125. The van der Waals surface area contributed by atoms with Gasteiger partial charge in [-0.2, -0.15) is 0 Å². The lowest BCUT2D eigenvalue weighted by atomic mass is 9.96. The Balaban J connectivity index is 2.11. The number of nitrogens with two attached hydrogens (primary N) is 1. The van der Waals surface area contributed by atoms with Gasteiger partial charge < -0.3 is 4.74 Å². The molecule has 1 unspecified atom stereocenters. The van der Waals surface area contributed by atoms with Crippen LogP contribution in [0.3, 0.4) is 0 Å². The Labute approximate surface area is 121 Å². The molecular formula is C16H14N2O3. The van der Waals surface area contributed by atoms with Crippen molar-refractivity contribution in [1.29, 1.82) is 0 Å². The minimum atomic E-state index is -0.344. The standard InChI is InChI=1S/C16H14N2O3/c17-18-16(20)10-5-6-13-11-3-1-2-4-12(11)15(8-21-9-19)14(13)7-10/h1-7,9,15H,8,17H2,(H,18,20). The maximum atomic E-state index is 11.7. The third-order valence-electron chi connectivity index (χ3n) is 3.78. The molecule has 5 nitrogen and oxygen atoms in total. The number of hydrogen-bond acceptors (Lipinski definition) is 4. The highest BCUT2D eigenvalue weighted by molar-refractivity contribution is 5.95. The molecule has 0 saturated heterocycles. The third-order valence-corrected chi connectivity index (χ3v) is 3.78. The van der Waals surface area contributed by atoms with E-state index in [0.717, 1.165) is 22.3 Å². The van der Waals surface area contributed by atoms with E-state index in [1.165, 1.54) is 0 Å². The van der Waals surface area contributed by atoms with Gasteiger partial charge in [-0.25, -0.2) is 5.84 Å². The van der Waals surface area contributed by atoms with Gasteiger partial charge in [-0.1, -0.05) is 30.3 Å². The van der Waals surface area contributed by atoms with Crippen molar-refractivity contribution in [2.24, 2.45) is 5.84 Å². The van der Waals surface area contributed by atoms with Crippen LogP contribution in [0.4, 0.5) is 0 Å². The average Bonchev–Trinajstić information content (AvgIpc) is 2.85. The first-order chi connectivity index (χ1) is 10.3. The smallest absolute Gasteiger partial charge is 0.293 e. The number of benzene rings is 2. The number of fused-ring (bicyclic) bond motifs is 3. The molecule has 1 atom stereocenters. The SMILES string of the molecule is NNC(=O)c1ccc2c(c1)C(COC=O)c1ccccc1-2. The molecule has 0 fully saturated rings. The zero-order chi connectivity index (χ0) is 14.8. The van der Waals surface area contributed by atoms with Gasteiger partial charge in [-0.05, 0) is 34.4 Å². The minimum Gasteiger partial charge on any atom is -0.467 e.